The number of thiocarbonyl (C=S) groups is 1. The normalized spacial score (nSPS) is 18.2. The lowest BCUT2D eigenvalue weighted by Gasteiger charge is -2.35. The molecule has 0 aromatic carbocycles. The Bertz CT molecular complexity index is 363. The van der Waals surface area contributed by atoms with Gasteiger partial charge >= 0.3 is 0 Å². The van der Waals surface area contributed by atoms with Crippen molar-refractivity contribution < 1.29 is 9.59 Å². The molecule has 108 valence electrons. The van der Waals surface area contributed by atoms with Crippen molar-refractivity contribution in [2.75, 3.05) is 13.1 Å². The molecule has 6 heteroatoms. The first-order valence-corrected chi connectivity index (χ1v) is 7.09. The first-order chi connectivity index (χ1) is 8.82. The molecule has 1 fully saturated rings. The first-order valence-electron chi connectivity index (χ1n) is 6.68. The highest BCUT2D eigenvalue weighted by molar-refractivity contribution is 7.80. The minimum absolute atomic E-state index is 0.0174. The van der Waals surface area contributed by atoms with Gasteiger partial charge in [0.25, 0.3) is 0 Å². The number of rotatable bonds is 4. The molecule has 0 aliphatic carbocycles. The van der Waals surface area contributed by atoms with E-state index in [0.717, 1.165) is 12.8 Å². The SMILES string of the molecule is CC(=O)NC1CCN(C(=O)C(C(N)=S)C(C)C)CC1. The molecule has 0 aromatic heterocycles. The molecule has 19 heavy (non-hydrogen) atoms. The summed E-state index contributed by atoms with van der Waals surface area (Å²) in [7, 11) is 0. The van der Waals surface area contributed by atoms with Crippen LogP contribution in [0.25, 0.3) is 0 Å². The van der Waals surface area contributed by atoms with Gasteiger partial charge in [0.05, 0.1) is 10.9 Å². The van der Waals surface area contributed by atoms with E-state index in [1.165, 1.54) is 6.92 Å². The van der Waals surface area contributed by atoms with Crippen LogP contribution >= 0.6 is 12.2 Å². The Labute approximate surface area is 119 Å². The Kier molecular flexibility index (Phi) is 5.72. The van der Waals surface area contributed by atoms with Crippen LogP contribution in [0.5, 0.6) is 0 Å². The molecular weight excluding hydrogens is 262 g/mol. The second-order valence-electron chi connectivity index (χ2n) is 5.42. The van der Waals surface area contributed by atoms with Crippen LogP contribution in [0.15, 0.2) is 0 Å². The van der Waals surface area contributed by atoms with Crippen LogP contribution in [-0.4, -0.2) is 40.8 Å². The van der Waals surface area contributed by atoms with Crippen molar-refractivity contribution in [2.45, 2.75) is 39.7 Å². The molecule has 1 rings (SSSR count). The van der Waals surface area contributed by atoms with Gasteiger partial charge in [-0.2, -0.15) is 0 Å². The van der Waals surface area contributed by atoms with E-state index in [1.54, 1.807) is 0 Å². The van der Waals surface area contributed by atoms with E-state index < -0.39 is 0 Å². The third-order valence-electron chi connectivity index (χ3n) is 3.45. The Balaban J connectivity index is 2.57. The van der Waals surface area contributed by atoms with Crippen molar-refractivity contribution in [3.05, 3.63) is 0 Å². The second-order valence-corrected chi connectivity index (χ2v) is 5.90. The first kappa shape index (κ1) is 15.9. The summed E-state index contributed by atoms with van der Waals surface area (Å²) in [6.07, 6.45) is 1.57. The van der Waals surface area contributed by atoms with Gasteiger partial charge in [-0.05, 0) is 18.8 Å². The Hall–Kier alpha value is -1.17. The number of nitrogens with two attached hydrogens (primary N) is 1. The molecule has 0 radical (unpaired) electrons. The third-order valence-corrected chi connectivity index (χ3v) is 3.71. The second kappa shape index (κ2) is 6.84. The number of nitrogens with one attached hydrogen (secondary N) is 1. The van der Waals surface area contributed by atoms with Crippen LogP contribution in [0.2, 0.25) is 0 Å². The Morgan fingerprint density at radius 1 is 1.32 bits per heavy atom. The summed E-state index contributed by atoms with van der Waals surface area (Å²) < 4.78 is 0. The lowest BCUT2D eigenvalue weighted by atomic mass is 9.93. The summed E-state index contributed by atoms with van der Waals surface area (Å²) in [4.78, 5) is 25.4. The molecule has 1 heterocycles. The third kappa shape index (κ3) is 4.45. The standard InChI is InChI=1S/C13H23N3O2S/c1-8(2)11(12(14)19)13(18)16-6-4-10(5-7-16)15-9(3)17/h8,10-11H,4-7H2,1-3H3,(H2,14,19)(H,15,17). The molecule has 1 atom stereocenters. The molecule has 0 bridgehead atoms. The number of piperidine rings is 1. The summed E-state index contributed by atoms with van der Waals surface area (Å²) >= 11 is 4.99. The zero-order valence-corrected chi connectivity index (χ0v) is 12.6. The number of carbonyl (C=O) groups is 2. The fourth-order valence-electron chi connectivity index (χ4n) is 2.46. The average Bonchev–Trinajstić information content (AvgIpc) is 2.27. The maximum Gasteiger partial charge on any atom is 0.232 e. The molecule has 1 unspecified atom stereocenters. The van der Waals surface area contributed by atoms with Gasteiger partial charge in [0, 0.05) is 26.1 Å². The van der Waals surface area contributed by atoms with E-state index in [1.807, 2.05) is 18.7 Å². The van der Waals surface area contributed by atoms with Crippen molar-refractivity contribution >= 4 is 29.0 Å². The summed E-state index contributed by atoms with van der Waals surface area (Å²) in [6, 6.07) is 0.170. The lowest BCUT2D eigenvalue weighted by molar-refractivity contribution is -0.135. The van der Waals surface area contributed by atoms with Crippen LogP contribution in [0, 0.1) is 11.8 Å². The van der Waals surface area contributed by atoms with Crippen LogP contribution < -0.4 is 11.1 Å². The fraction of sp³-hybridized carbons (Fsp3) is 0.769. The molecular formula is C13H23N3O2S. The minimum atomic E-state index is -0.382. The number of likely N-dealkylation sites (tertiary alicyclic amines) is 1. The largest absolute Gasteiger partial charge is 0.393 e. The molecule has 0 aromatic rings. The molecule has 3 N–H and O–H groups in total. The van der Waals surface area contributed by atoms with Crippen molar-refractivity contribution in [2.24, 2.45) is 17.6 Å². The molecule has 0 spiro atoms. The highest BCUT2D eigenvalue weighted by Gasteiger charge is 2.31. The van der Waals surface area contributed by atoms with Gasteiger partial charge in [-0.3, -0.25) is 9.59 Å². The van der Waals surface area contributed by atoms with Gasteiger partial charge in [-0.15, -0.1) is 0 Å². The predicted octanol–water partition coefficient (Wildman–Crippen LogP) is 0.672. The van der Waals surface area contributed by atoms with E-state index >= 15 is 0 Å². The number of carbonyl (C=O) groups excluding carboxylic acids is 2. The number of amides is 2. The minimum Gasteiger partial charge on any atom is -0.393 e. The zero-order valence-electron chi connectivity index (χ0n) is 11.8. The highest BCUT2D eigenvalue weighted by atomic mass is 32.1. The Morgan fingerprint density at radius 2 is 1.84 bits per heavy atom. The maximum absolute atomic E-state index is 12.4. The quantitative estimate of drug-likeness (QED) is 0.745. The predicted molar refractivity (Wildman–Crippen MR) is 78.5 cm³/mol. The van der Waals surface area contributed by atoms with E-state index in [4.69, 9.17) is 18.0 Å². The summed E-state index contributed by atoms with van der Waals surface area (Å²) in [5, 5.41) is 2.89. The molecule has 0 saturated carbocycles. The maximum atomic E-state index is 12.4. The Morgan fingerprint density at radius 3 is 2.21 bits per heavy atom. The lowest BCUT2D eigenvalue weighted by Crippen LogP contribution is -2.50. The molecule has 2 amide bonds. The van der Waals surface area contributed by atoms with Gasteiger partial charge in [-0.1, -0.05) is 26.1 Å². The summed E-state index contributed by atoms with van der Waals surface area (Å²) in [5.41, 5.74) is 5.67. The fourth-order valence-corrected chi connectivity index (χ4v) is 2.84. The van der Waals surface area contributed by atoms with Crippen molar-refractivity contribution in [1.29, 1.82) is 0 Å². The number of hydrogen-bond donors (Lipinski definition) is 2. The van der Waals surface area contributed by atoms with E-state index in [9.17, 15) is 9.59 Å². The van der Waals surface area contributed by atoms with Crippen LogP contribution in [0.1, 0.15) is 33.6 Å². The zero-order chi connectivity index (χ0) is 14.6. The highest BCUT2D eigenvalue weighted by Crippen LogP contribution is 2.19. The van der Waals surface area contributed by atoms with E-state index in [2.05, 4.69) is 5.32 Å². The monoisotopic (exact) mass is 285 g/mol. The van der Waals surface area contributed by atoms with Crippen LogP contribution in [0.4, 0.5) is 0 Å². The topological polar surface area (TPSA) is 75.4 Å². The van der Waals surface area contributed by atoms with Gasteiger partial charge in [0.15, 0.2) is 0 Å². The molecule has 5 nitrogen and oxygen atoms in total. The van der Waals surface area contributed by atoms with Gasteiger partial charge < -0.3 is 16.0 Å². The van der Waals surface area contributed by atoms with Gasteiger partial charge in [-0.25, -0.2) is 0 Å². The average molecular weight is 285 g/mol. The summed E-state index contributed by atoms with van der Waals surface area (Å²) in [6.45, 7) is 6.71. The number of hydrogen-bond acceptors (Lipinski definition) is 3. The molecule has 1 aliphatic rings. The van der Waals surface area contributed by atoms with Crippen molar-refractivity contribution in [3.63, 3.8) is 0 Å². The van der Waals surface area contributed by atoms with Crippen molar-refractivity contribution in [3.8, 4) is 0 Å². The summed E-state index contributed by atoms with van der Waals surface area (Å²) in [5.74, 6) is -0.276. The van der Waals surface area contributed by atoms with E-state index in [0.29, 0.717) is 13.1 Å². The smallest absolute Gasteiger partial charge is 0.232 e. The van der Waals surface area contributed by atoms with Crippen LogP contribution in [0.3, 0.4) is 0 Å². The van der Waals surface area contributed by atoms with Gasteiger partial charge in [0.1, 0.15) is 0 Å². The van der Waals surface area contributed by atoms with Gasteiger partial charge in [0.2, 0.25) is 11.8 Å². The van der Waals surface area contributed by atoms with Crippen molar-refractivity contribution in [1.82, 2.24) is 10.2 Å². The van der Waals surface area contributed by atoms with Crippen LogP contribution in [-0.2, 0) is 9.59 Å². The number of nitrogens with zero attached hydrogens (tertiary/aromatic N) is 1. The molecule has 1 aliphatic heterocycles. The molecule has 1 saturated heterocycles. The van der Waals surface area contributed by atoms with E-state index in [-0.39, 0.29) is 34.7 Å².